The molecule has 0 aromatic heterocycles. The van der Waals surface area contributed by atoms with Crippen molar-refractivity contribution in [3.63, 3.8) is 0 Å². The van der Waals surface area contributed by atoms with Crippen molar-refractivity contribution in [2.45, 2.75) is 29.7 Å². The van der Waals surface area contributed by atoms with Gasteiger partial charge in [0.15, 0.2) is 11.6 Å². The van der Waals surface area contributed by atoms with Crippen LogP contribution in [0.25, 0.3) is 0 Å². The summed E-state index contributed by atoms with van der Waals surface area (Å²) in [5, 5.41) is 0. The maximum atomic E-state index is 13.5. The number of nitrogens with one attached hydrogen (secondary N) is 1. The van der Waals surface area contributed by atoms with Crippen molar-refractivity contribution in [3.05, 3.63) is 89.0 Å². The Bertz CT molecular complexity index is 1390. The molecule has 0 fully saturated rings. The third kappa shape index (κ3) is 4.38. The molecule has 32 heavy (non-hydrogen) atoms. The first-order chi connectivity index (χ1) is 15.1. The molecule has 0 spiro atoms. The zero-order chi connectivity index (χ0) is 23.1. The summed E-state index contributed by atoms with van der Waals surface area (Å²) in [6.07, 6.45) is 0.483. The van der Waals surface area contributed by atoms with E-state index in [9.17, 15) is 25.6 Å². The van der Waals surface area contributed by atoms with Crippen LogP contribution >= 0.6 is 0 Å². The molecule has 1 aliphatic heterocycles. The largest absolute Gasteiger partial charge is 0.280 e. The number of rotatable bonds is 5. The SMILES string of the molecule is Cc1ccc(S(=O)(=O)N2CCc3ccc(NS(=O)(=O)c4ccc(F)c(F)c4)cc3C2)cc1. The average molecular weight is 479 g/mol. The Balaban J connectivity index is 1.59. The highest BCUT2D eigenvalue weighted by atomic mass is 32.2. The number of anilines is 1. The lowest BCUT2D eigenvalue weighted by Gasteiger charge is -2.28. The van der Waals surface area contributed by atoms with E-state index in [1.807, 2.05) is 6.92 Å². The van der Waals surface area contributed by atoms with E-state index in [0.717, 1.165) is 23.3 Å². The van der Waals surface area contributed by atoms with Crippen LogP contribution in [0.1, 0.15) is 16.7 Å². The Morgan fingerprint density at radius 2 is 1.50 bits per heavy atom. The Morgan fingerprint density at radius 1 is 0.812 bits per heavy atom. The molecule has 0 aliphatic carbocycles. The quantitative estimate of drug-likeness (QED) is 0.604. The maximum absolute atomic E-state index is 13.5. The molecule has 0 saturated heterocycles. The van der Waals surface area contributed by atoms with E-state index in [2.05, 4.69) is 4.72 Å². The van der Waals surface area contributed by atoms with Crippen LogP contribution in [0.2, 0.25) is 0 Å². The zero-order valence-corrected chi connectivity index (χ0v) is 18.7. The molecular formula is C22H20F2N2O4S2. The van der Waals surface area contributed by atoms with Crippen molar-refractivity contribution in [2.24, 2.45) is 0 Å². The van der Waals surface area contributed by atoms with Crippen LogP contribution in [0.5, 0.6) is 0 Å². The van der Waals surface area contributed by atoms with E-state index < -0.39 is 36.6 Å². The van der Waals surface area contributed by atoms with Crippen LogP contribution in [-0.4, -0.2) is 27.7 Å². The second-order valence-corrected chi connectivity index (χ2v) is 11.2. The van der Waals surface area contributed by atoms with Crippen LogP contribution in [0.4, 0.5) is 14.5 Å². The lowest BCUT2D eigenvalue weighted by Crippen LogP contribution is -2.36. The molecule has 10 heteroatoms. The van der Waals surface area contributed by atoms with Crippen molar-refractivity contribution in [3.8, 4) is 0 Å². The number of halogens is 2. The van der Waals surface area contributed by atoms with E-state index in [0.29, 0.717) is 24.6 Å². The van der Waals surface area contributed by atoms with Gasteiger partial charge in [-0.05, 0) is 66.9 Å². The normalized spacial score (nSPS) is 14.7. The van der Waals surface area contributed by atoms with Gasteiger partial charge in [-0.2, -0.15) is 4.31 Å². The van der Waals surface area contributed by atoms with Crippen molar-refractivity contribution >= 4 is 25.7 Å². The second-order valence-electron chi connectivity index (χ2n) is 7.57. The summed E-state index contributed by atoms with van der Waals surface area (Å²) < 4.78 is 81.4. The predicted molar refractivity (Wildman–Crippen MR) is 116 cm³/mol. The lowest BCUT2D eigenvalue weighted by molar-refractivity contribution is 0.391. The fourth-order valence-electron chi connectivity index (χ4n) is 3.52. The molecule has 0 unspecified atom stereocenters. The first-order valence-electron chi connectivity index (χ1n) is 9.73. The molecule has 0 atom stereocenters. The number of hydrogen-bond acceptors (Lipinski definition) is 4. The summed E-state index contributed by atoms with van der Waals surface area (Å²) in [5.41, 5.74) is 2.72. The van der Waals surface area contributed by atoms with Crippen LogP contribution in [0, 0.1) is 18.6 Å². The molecule has 0 radical (unpaired) electrons. The Morgan fingerprint density at radius 3 is 2.19 bits per heavy atom. The molecule has 3 aromatic rings. The Hall–Kier alpha value is -2.82. The van der Waals surface area contributed by atoms with E-state index >= 15 is 0 Å². The lowest BCUT2D eigenvalue weighted by atomic mass is 10.0. The molecule has 1 heterocycles. The molecule has 0 bridgehead atoms. The molecule has 6 nitrogen and oxygen atoms in total. The number of benzene rings is 3. The van der Waals surface area contributed by atoms with Crippen molar-refractivity contribution in [1.82, 2.24) is 4.31 Å². The van der Waals surface area contributed by atoms with E-state index in [1.165, 1.54) is 4.31 Å². The second kappa shape index (κ2) is 8.27. The number of fused-ring (bicyclic) bond motifs is 1. The van der Waals surface area contributed by atoms with Gasteiger partial charge >= 0.3 is 0 Å². The van der Waals surface area contributed by atoms with Crippen LogP contribution in [-0.2, 0) is 33.0 Å². The summed E-state index contributed by atoms with van der Waals surface area (Å²) in [6.45, 7) is 2.27. The van der Waals surface area contributed by atoms with Gasteiger partial charge in [-0.15, -0.1) is 0 Å². The van der Waals surface area contributed by atoms with Crippen molar-refractivity contribution in [2.75, 3.05) is 11.3 Å². The summed E-state index contributed by atoms with van der Waals surface area (Å²) in [4.78, 5) is -0.223. The smallest absolute Gasteiger partial charge is 0.261 e. The van der Waals surface area contributed by atoms with Gasteiger partial charge < -0.3 is 0 Å². The number of hydrogen-bond donors (Lipinski definition) is 1. The third-order valence-electron chi connectivity index (χ3n) is 5.30. The highest BCUT2D eigenvalue weighted by molar-refractivity contribution is 7.92. The van der Waals surface area contributed by atoms with Gasteiger partial charge in [0.05, 0.1) is 9.79 Å². The third-order valence-corrected chi connectivity index (χ3v) is 8.53. The molecular weight excluding hydrogens is 458 g/mol. The van der Waals surface area contributed by atoms with Crippen molar-refractivity contribution < 1.29 is 25.6 Å². The van der Waals surface area contributed by atoms with Gasteiger partial charge in [0, 0.05) is 18.8 Å². The van der Waals surface area contributed by atoms with E-state index in [-0.39, 0.29) is 17.1 Å². The first kappa shape index (κ1) is 22.4. The van der Waals surface area contributed by atoms with Gasteiger partial charge in [0.25, 0.3) is 10.0 Å². The summed E-state index contributed by atoms with van der Waals surface area (Å²) in [5.74, 6) is -2.41. The van der Waals surface area contributed by atoms with E-state index in [1.54, 1.807) is 42.5 Å². The maximum Gasteiger partial charge on any atom is 0.261 e. The van der Waals surface area contributed by atoms with Gasteiger partial charge in [0.2, 0.25) is 10.0 Å². The fourth-order valence-corrected chi connectivity index (χ4v) is 6.00. The Labute approximate surface area is 185 Å². The van der Waals surface area contributed by atoms with Crippen LogP contribution in [0.15, 0.2) is 70.5 Å². The standard InChI is InChI=1S/C22H20F2N2O4S2/c1-15-2-6-19(7-3-15)32(29,30)26-11-10-16-4-5-18(12-17(16)14-26)25-31(27,28)20-8-9-21(23)22(24)13-20/h2-9,12-13,25H,10-11,14H2,1H3. The first-order valence-corrected chi connectivity index (χ1v) is 12.6. The zero-order valence-electron chi connectivity index (χ0n) is 17.0. The van der Waals surface area contributed by atoms with E-state index in [4.69, 9.17) is 0 Å². The molecule has 1 aliphatic rings. The molecule has 0 saturated carbocycles. The van der Waals surface area contributed by atoms with Gasteiger partial charge in [-0.25, -0.2) is 25.6 Å². The number of nitrogens with zero attached hydrogens (tertiary/aromatic N) is 1. The summed E-state index contributed by atoms with van der Waals surface area (Å²) >= 11 is 0. The Kier molecular flexibility index (Phi) is 5.78. The number of aryl methyl sites for hydroxylation is 1. The van der Waals surface area contributed by atoms with Gasteiger partial charge in [-0.1, -0.05) is 23.8 Å². The van der Waals surface area contributed by atoms with Crippen molar-refractivity contribution in [1.29, 1.82) is 0 Å². The number of sulfonamides is 2. The molecule has 3 aromatic carbocycles. The minimum atomic E-state index is -4.16. The summed E-state index contributed by atoms with van der Waals surface area (Å²) in [7, 11) is -7.86. The molecule has 1 N–H and O–H groups in total. The minimum Gasteiger partial charge on any atom is -0.280 e. The minimum absolute atomic E-state index is 0.0896. The van der Waals surface area contributed by atoms with Gasteiger partial charge in [0.1, 0.15) is 0 Å². The highest BCUT2D eigenvalue weighted by Crippen LogP contribution is 2.28. The monoisotopic (exact) mass is 478 g/mol. The fraction of sp³-hybridized carbons (Fsp3) is 0.182. The molecule has 168 valence electrons. The molecule has 4 rings (SSSR count). The highest BCUT2D eigenvalue weighted by Gasteiger charge is 2.28. The predicted octanol–water partition coefficient (Wildman–Crippen LogP) is 3.82. The average Bonchev–Trinajstić information content (AvgIpc) is 2.75. The van der Waals surface area contributed by atoms with Crippen LogP contribution < -0.4 is 4.72 Å². The molecule has 0 amide bonds. The van der Waals surface area contributed by atoms with Crippen LogP contribution in [0.3, 0.4) is 0 Å². The van der Waals surface area contributed by atoms with Gasteiger partial charge in [-0.3, -0.25) is 4.72 Å². The topological polar surface area (TPSA) is 83.6 Å². The summed E-state index contributed by atoms with van der Waals surface area (Å²) in [6, 6.07) is 13.7.